The Balaban J connectivity index is 1.36. The van der Waals surface area contributed by atoms with Gasteiger partial charge >= 0.3 is 0 Å². The molecule has 2 aromatic rings. The normalized spacial score (nSPS) is 26.9. The monoisotopic (exact) mass is 355 g/mol. The van der Waals surface area contributed by atoms with Crippen molar-refractivity contribution in [2.45, 2.75) is 26.5 Å². The predicted octanol–water partition coefficient (Wildman–Crippen LogP) is 3.04. The lowest BCUT2D eigenvalue weighted by molar-refractivity contribution is 0.0512. The first-order valence-corrected chi connectivity index (χ1v) is 9.71. The maximum absolute atomic E-state index is 6.12. The maximum Gasteiger partial charge on any atom is 0.117 e. The van der Waals surface area contributed by atoms with Crippen molar-refractivity contribution in [1.29, 1.82) is 0 Å². The second-order valence-electron chi connectivity index (χ2n) is 7.80. The molecule has 1 spiro atoms. The molecule has 140 valence electrons. The van der Waals surface area contributed by atoms with Crippen LogP contribution in [-0.2, 0) is 17.9 Å². The minimum absolute atomic E-state index is 0.359. The number of nitrogens with zero attached hydrogens (tertiary/aromatic N) is 3. The van der Waals surface area contributed by atoms with Crippen LogP contribution >= 0.6 is 0 Å². The predicted molar refractivity (Wildman–Crippen MR) is 101 cm³/mol. The van der Waals surface area contributed by atoms with Gasteiger partial charge in [0.15, 0.2) is 0 Å². The van der Waals surface area contributed by atoms with Crippen molar-refractivity contribution in [1.82, 2.24) is 14.8 Å². The van der Waals surface area contributed by atoms with Crippen LogP contribution in [0.4, 0.5) is 0 Å². The van der Waals surface area contributed by atoms with Gasteiger partial charge in [0.1, 0.15) is 5.76 Å². The first kappa shape index (κ1) is 17.7. The molecule has 0 N–H and O–H groups in total. The molecule has 2 aliphatic heterocycles. The van der Waals surface area contributed by atoms with Crippen LogP contribution in [0.5, 0.6) is 0 Å². The Kier molecular flexibility index (Phi) is 5.38. The van der Waals surface area contributed by atoms with Crippen LogP contribution in [0.1, 0.15) is 24.7 Å². The number of hydrogen-bond acceptors (Lipinski definition) is 5. The molecule has 0 aliphatic carbocycles. The van der Waals surface area contributed by atoms with Crippen molar-refractivity contribution < 1.29 is 9.15 Å². The van der Waals surface area contributed by atoms with Crippen molar-refractivity contribution in [2.24, 2.45) is 11.3 Å². The molecular formula is C21H29N3O2. The largest absolute Gasteiger partial charge is 0.468 e. The van der Waals surface area contributed by atoms with E-state index >= 15 is 0 Å². The molecule has 0 amide bonds. The molecule has 0 aromatic carbocycles. The van der Waals surface area contributed by atoms with Crippen molar-refractivity contribution in [3.63, 3.8) is 0 Å². The fourth-order valence-electron chi connectivity index (χ4n) is 4.62. The van der Waals surface area contributed by atoms with E-state index < -0.39 is 0 Å². The van der Waals surface area contributed by atoms with Gasteiger partial charge in [-0.1, -0.05) is 13.0 Å². The number of hydrogen-bond donors (Lipinski definition) is 0. The average molecular weight is 355 g/mol. The van der Waals surface area contributed by atoms with Crippen LogP contribution in [0.15, 0.2) is 47.3 Å². The lowest BCUT2D eigenvalue weighted by Gasteiger charge is -2.30. The van der Waals surface area contributed by atoms with Gasteiger partial charge in [0.05, 0.1) is 26.0 Å². The molecule has 0 radical (unpaired) electrons. The molecule has 2 atom stereocenters. The zero-order chi connectivity index (χ0) is 17.8. The standard InChI is InChI=1S/C21H29N3O2/c1-2-23-12-19(15-25-14-18-5-3-8-22-11-18)21(16-23)7-9-24(17-21)13-20-6-4-10-26-20/h3-6,8,10-11,19H,2,7,9,12-17H2,1H3/t19-,21+/m1/s1. The third-order valence-electron chi connectivity index (χ3n) is 6.06. The topological polar surface area (TPSA) is 41.7 Å². The molecule has 5 heteroatoms. The maximum atomic E-state index is 6.12. The van der Waals surface area contributed by atoms with Gasteiger partial charge in [-0.15, -0.1) is 0 Å². The summed E-state index contributed by atoms with van der Waals surface area (Å²) in [5.41, 5.74) is 1.51. The summed E-state index contributed by atoms with van der Waals surface area (Å²) in [4.78, 5) is 9.31. The smallest absolute Gasteiger partial charge is 0.117 e. The minimum atomic E-state index is 0.359. The molecule has 4 heterocycles. The molecule has 2 saturated heterocycles. The molecule has 2 aromatic heterocycles. The van der Waals surface area contributed by atoms with Gasteiger partial charge in [0, 0.05) is 43.4 Å². The third kappa shape index (κ3) is 3.85. The Hall–Kier alpha value is -1.69. The van der Waals surface area contributed by atoms with E-state index in [0.29, 0.717) is 17.9 Å². The van der Waals surface area contributed by atoms with E-state index in [1.165, 1.54) is 13.0 Å². The highest BCUT2D eigenvalue weighted by molar-refractivity contribution is 5.07. The SMILES string of the molecule is CCN1C[C@H](COCc2cccnc2)[C@@]2(CCN(Cc3ccco3)C2)C1. The Morgan fingerprint density at radius 3 is 2.96 bits per heavy atom. The number of pyridine rings is 1. The van der Waals surface area contributed by atoms with Gasteiger partial charge in [-0.05, 0) is 43.3 Å². The first-order valence-electron chi connectivity index (χ1n) is 9.71. The summed E-state index contributed by atoms with van der Waals surface area (Å²) in [6.07, 6.45) is 6.72. The zero-order valence-corrected chi connectivity index (χ0v) is 15.6. The minimum Gasteiger partial charge on any atom is -0.468 e. The van der Waals surface area contributed by atoms with Gasteiger partial charge in [0.25, 0.3) is 0 Å². The zero-order valence-electron chi connectivity index (χ0n) is 15.6. The summed E-state index contributed by atoms with van der Waals surface area (Å²) in [5.74, 6) is 1.66. The molecule has 4 rings (SSSR count). The Labute approximate surface area is 156 Å². The summed E-state index contributed by atoms with van der Waals surface area (Å²) in [5, 5.41) is 0. The Morgan fingerprint density at radius 1 is 1.27 bits per heavy atom. The number of furan rings is 1. The number of likely N-dealkylation sites (tertiary alicyclic amines) is 2. The summed E-state index contributed by atoms with van der Waals surface area (Å²) >= 11 is 0. The molecule has 2 aliphatic rings. The van der Waals surface area contributed by atoms with Gasteiger partial charge in [-0.3, -0.25) is 9.88 Å². The molecule has 0 unspecified atom stereocenters. The average Bonchev–Trinajstić information content (AvgIpc) is 3.39. The number of aromatic nitrogens is 1. The van der Waals surface area contributed by atoms with Gasteiger partial charge in [0.2, 0.25) is 0 Å². The summed E-state index contributed by atoms with van der Waals surface area (Å²) in [6, 6.07) is 8.10. The molecule has 0 bridgehead atoms. The van der Waals surface area contributed by atoms with Crippen LogP contribution in [0.2, 0.25) is 0 Å². The lowest BCUT2D eigenvalue weighted by atomic mass is 9.77. The molecule has 0 saturated carbocycles. The van der Waals surface area contributed by atoms with E-state index in [-0.39, 0.29) is 0 Å². The van der Waals surface area contributed by atoms with E-state index in [4.69, 9.17) is 9.15 Å². The van der Waals surface area contributed by atoms with Gasteiger partial charge < -0.3 is 14.1 Å². The fraction of sp³-hybridized carbons (Fsp3) is 0.571. The van der Waals surface area contributed by atoms with E-state index in [1.807, 2.05) is 18.3 Å². The summed E-state index contributed by atoms with van der Waals surface area (Å²) < 4.78 is 11.7. The van der Waals surface area contributed by atoms with Crippen molar-refractivity contribution in [2.75, 3.05) is 39.3 Å². The van der Waals surface area contributed by atoms with E-state index in [9.17, 15) is 0 Å². The number of ether oxygens (including phenoxy) is 1. The van der Waals surface area contributed by atoms with Crippen molar-refractivity contribution in [3.8, 4) is 0 Å². The summed E-state index contributed by atoms with van der Waals surface area (Å²) in [7, 11) is 0. The lowest BCUT2D eigenvalue weighted by Crippen LogP contribution is -2.36. The molecule has 5 nitrogen and oxygen atoms in total. The molecular weight excluding hydrogens is 326 g/mol. The quantitative estimate of drug-likeness (QED) is 0.764. The number of rotatable bonds is 7. The van der Waals surface area contributed by atoms with E-state index in [1.54, 1.807) is 12.5 Å². The second-order valence-corrected chi connectivity index (χ2v) is 7.80. The van der Waals surface area contributed by atoms with Gasteiger partial charge in [-0.2, -0.15) is 0 Å². The van der Waals surface area contributed by atoms with Crippen LogP contribution in [0.25, 0.3) is 0 Å². The third-order valence-corrected chi connectivity index (χ3v) is 6.06. The first-order chi connectivity index (χ1) is 12.8. The van der Waals surface area contributed by atoms with Crippen LogP contribution in [-0.4, -0.2) is 54.1 Å². The molecule has 2 fully saturated rings. The highest BCUT2D eigenvalue weighted by atomic mass is 16.5. The highest BCUT2D eigenvalue weighted by Crippen LogP contribution is 2.44. The van der Waals surface area contributed by atoms with Crippen molar-refractivity contribution in [3.05, 3.63) is 54.2 Å². The Bertz CT molecular complexity index is 676. The van der Waals surface area contributed by atoms with Crippen LogP contribution in [0, 0.1) is 11.3 Å². The van der Waals surface area contributed by atoms with E-state index in [2.05, 4.69) is 33.8 Å². The van der Waals surface area contributed by atoms with E-state index in [0.717, 1.165) is 50.7 Å². The van der Waals surface area contributed by atoms with Crippen LogP contribution in [0.3, 0.4) is 0 Å². The molecule has 26 heavy (non-hydrogen) atoms. The highest BCUT2D eigenvalue weighted by Gasteiger charge is 2.49. The second kappa shape index (κ2) is 7.91. The Morgan fingerprint density at radius 2 is 2.19 bits per heavy atom. The van der Waals surface area contributed by atoms with Crippen molar-refractivity contribution >= 4 is 0 Å². The summed E-state index contributed by atoms with van der Waals surface area (Å²) in [6.45, 7) is 10.4. The van der Waals surface area contributed by atoms with Gasteiger partial charge in [-0.25, -0.2) is 0 Å². The van der Waals surface area contributed by atoms with Crippen LogP contribution < -0.4 is 0 Å². The fourth-order valence-corrected chi connectivity index (χ4v) is 4.62.